The van der Waals surface area contributed by atoms with Gasteiger partial charge in [0, 0.05) is 12.8 Å². The molecule has 0 heterocycles. The molecule has 0 unspecified atom stereocenters. The van der Waals surface area contributed by atoms with Crippen molar-refractivity contribution in [3.8, 4) is 0 Å². The first-order valence-corrected chi connectivity index (χ1v) is 2.86. The molecule has 0 aliphatic heterocycles. The molecule has 8 N–H and O–H groups in total. The predicted molar refractivity (Wildman–Crippen MR) is 36.1 cm³/mol. The van der Waals surface area contributed by atoms with Crippen LogP contribution in [-0.4, -0.2) is 11.7 Å². The number of hydrogen-bond acceptors (Lipinski definition) is 0. The van der Waals surface area contributed by atoms with Crippen molar-refractivity contribution in [1.29, 1.82) is 0 Å². The average Bonchev–Trinajstić information content (AvgIpc) is 1.63. The summed E-state index contributed by atoms with van der Waals surface area (Å²) >= 11 is 0. The summed E-state index contributed by atoms with van der Waals surface area (Å²) in [6.07, 6.45) is 2.22. The van der Waals surface area contributed by atoms with Crippen molar-refractivity contribution < 1.29 is 10.8 Å². The van der Waals surface area contributed by atoms with Crippen LogP contribution in [0.2, 0.25) is 0 Å². The second-order valence-electron chi connectivity index (χ2n) is 2.00. The summed E-state index contributed by atoms with van der Waals surface area (Å²) < 4.78 is 0. The molecule has 0 aliphatic rings. The third-order valence-corrected chi connectivity index (χ3v) is 0.931. The lowest BCUT2D eigenvalue weighted by Gasteiger charge is -1.88. The van der Waals surface area contributed by atoms with Gasteiger partial charge in [-0.05, 0) is 6.42 Å². The minimum absolute atomic E-state index is 0.441. The van der Waals surface area contributed by atoms with Crippen molar-refractivity contribution in [2.45, 2.75) is 19.3 Å². The van der Waals surface area contributed by atoms with E-state index in [2.05, 4.69) is 0 Å². The fourth-order valence-electron chi connectivity index (χ4n) is 0.497. The van der Waals surface area contributed by atoms with Gasteiger partial charge in [0.15, 0.2) is 0 Å². The van der Waals surface area contributed by atoms with E-state index in [0.29, 0.717) is 24.5 Å². The molecule has 0 saturated carbocycles. The van der Waals surface area contributed by atoms with Gasteiger partial charge in [0.2, 0.25) is 11.7 Å². The maximum Gasteiger partial charge on any atom is 0.238 e. The van der Waals surface area contributed by atoms with Crippen LogP contribution >= 0.6 is 0 Å². The topological polar surface area (TPSA) is 103 Å². The number of hydrogen-bond donors (Lipinski definition) is 4. The molecule has 0 aromatic heterocycles. The molecule has 4 nitrogen and oxygen atoms in total. The Hall–Kier alpha value is -1.06. The summed E-state index contributed by atoms with van der Waals surface area (Å²) in [5, 5.41) is 10.4. The molecule has 0 aromatic rings. The van der Waals surface area contributed by atoms with Crippen molar-refractivity contribution in [2.75, 3.05) is 0 Å². The van der Waals surface area contributed by atoms with Crippen LogP contribution in [0, 0.1) is 0 Å². The van der Waals surface area contributed by atoms with E-state index in [4.69, 9.17) is 22.3 Å². The molecule has 0 rings (SSSR count). The highest BCUT2D eigenvalue weighted by atomic mass is 14.7. The maximum absolute atomic E-state index is 5.18. The Morgan fingerprint density at radius 2 is 1.33 bits per heavy atom. The third-order valence-electron chi connectivity index (χ3n) is 0.931. The zero-order valence-electron chi connectivity index (χ0n) is 5.43. The molecular formula is C5H14N4+2. The molecule has 0 radical (unpaired) electrons. The van der Waals surface area contributed by atoms with Crippen molar-refractivity contribution in [3.63, 3.8) is 0 Å². The van der Waals surface area contributed by atoms with Gasteiger partial charge in [0.05, 0.1) is 0 Å². The Morgan fingerprint density at radius 3 is 1.56 bits per heavy atom. The smallest absolute Gasteiger partial charge is 0.238 e. The van der Waals surface area contributed by atoms with Crippen LogP contribution in [0.1, 0.15) is 19.3 Å². The molecule has 0 atom stereocenters. The summed E-state index contributed by atoms with van der Waals surface area (Å²) in [6.45, 7) is 0. The van der Waals surface area contributed by atoms with Crippen molar-refractivity contribution in [3.05, 3.63) is 0 Å². The zero-order chi connectivity index (χ0) is 7.28. The van der Waals surface area contributed by atoms with E-state index in [0.717, 1.165) is 6.42 Å². The Kier molecular flexibility index (Phi) is 3.43. The Morgan fingerprint density at radius 1 is 1.00 bits per heavy atom. The van der Waals surface area contributed by atoms with Crippen LogP contribution in [0.25, 0.3) is 0 Å². The molecule has 9 heavy (non-hydrogen) atoms. The molecule has 52 valence electrons. The molecule has 0 saturated heterocycles. The SMILES string of the molecule is NC(=[NH2+])CCCC(N)=[NH2+]. The van der Waals surface area contributed by atoms with Crippen LogP contribution in [0.3, 0.4) is 0 Å². The fourth-order valence-corrected chi connectivity index (χ4v) is 0.497. The second-order valence-corrected chi connectivity index (χ2v) is 2.00. The average molecular weight is 130 g/mol. The zero-order valence-corrected chi connectivity index (χ0v) is 5.43. The first-order valence-electron chi connectivity index (χ1n) is 2.86. The highest BCUT2D eigenvalue weighted by molar-refractivity contribution is 5.76. The van der Waals surface area contributed by atoms with Gasteiger partial charge in [0.25, 0.3) is 0 Å². The van der Waals surface area contributed by atoms with Crippen LogP contribution in [0.15, 0.2) is 0 Å². The van der Waals surface area contributed by atoms with E-state index in [1.807, 2.05) is 0 Å². The summed E-state index contributed by atoms with van der Waals surface area (Å²) in [7, 11) is 0. The van der Waals surface area contributed by atoms with Crippen molar-refractivity contribution in [1.82, 2.24) is 0 Å². The van der Waals surface area contributed by atoms with Gasteiger partial charge in [-0.3, -0.25) is 22.3 Å². The lowest BCUT2D eigenvalue weighted by atomic mass is 10.2. The molecule has 0 amide bonds. The molecule has 4 heteroatoms. The van der Waals surface area contributed by atoms with E-state index in [-0.39, 0.29) is 0 Å². The van der Waals surface area contributed by atoms with E-state index < -0.39 is 0 Å². The number of rotatable bonds is 4. The first-order chi connectivity index (χ1) is 4.13. The van der Waals surface area contributed by atoms with E-state index in [9.17, 15) is 0 Å². The lowest BCUT2D eigenvalue weighted by Crippen LogP contribution is -2.47. The molecular weight excluding hydrogens is 116 g/mol. The van der Waals surface area contributed by atoms with Crippen molar-refractivity contribution in [2.24, 2.45) is 11.5 Å². The van der Waals surface area contributed by atoms with Gasteiger partial charge in [-0.1, -0.05) is 0 Å². The van der Waals surface area contributed by atoms with Gasteiger partial charge in [0.1, 0.15) is 0 Å². The van der Waals surface area contributed by atoms with E-state index in [1.165, 1.54) is 0 Å². The van der Waals surface area contributed by atoms with Gasteiger partial charge in [-0.15, -0.1) is 0 Å². The number of amidine groups is 2. The Labute approximate surface area is 54.2 Å². The second kappa shape index (κ2) is 3.88. The van der Waals surface area contributed by atoms with Crippen LogP contribution in [-0.2, 0) is 0 Å². The summed E-state index contributed by atoms with van der Waals surface area (Å²) in [5.74, 6) is 0.882. The van der Waals surface area contributed by atoms with Crippen LogP contribution in [0.4, 0.5) is 0 Å². The third kappa shape index (κ3) is 6.94. The van der Waals surface area contributed by atoms with Crippen LogP contribution < -0.4 is 22.3 Å². The largest absolute Gasteiger partial charge is 0.291 e. The van der Waals surface area contributed by atoms with Gasteiger partial charge >= 0.3 is 0 Å². The van der Waals surface area contributed by atoms with E-state index >= 15 is 0 Å². The molecule has 0 fully saturated rings. The summed E-state index contributed by atoms with van der Waals surface area (Å²) in [4.78, 5) is 0. The lowest BCUT2D eigenvalue weighted by molar-refractivity contribution is -0.119. The van der Waals surface area contributed by atoms with E-state index in [1.54, 1.807) is 0 Å². The minimum atomic E-state index is 0.441. The summed E-state index contributed by atoms with van der Waals surface area (Å²) in [6, 6.07) is 0. The van der Waals surface area contributed by atoms with Gasteiger partial charge in [-0.25, -0.2) is 0 Å². The monoisotopic (exact) mass is 130 g/mol. The molecule has 0 bridgehead atoms. The molecule has 0 aromatic carbocycles. The van der Waals surface area contributed by atoms with Gasteiger partial charge < -0.3 is 0 Å². The highest BCUT2D eigenvalue weighted by Gasteiger charge is 1.98. The predicted octanol–water partition coefficient (Wildman–Crippen LogP) is -3.61. The standard InChI is InChI=1S/C5H12N4/c6-4(7)2-1-3-5(8)9/h1-3H2,(H3,6,7)(H3,8,9)/p+2. The van der Waals surface area contributed by atoms with Gasteiger partial charge in [-0.2, -0.15) is 0 Å². The first kappa shape index (κ1) is 7.94. The van der Waals surface area contributed by atoms with Crippen molar-refractivity contribution >= 4 is 11.7 Å². The van der Waals surface area contributed by atoms with Crippen LogP contribution in [0.5, 0.6) is 0 Å². The maximum atomic E-state index is 5.18. The quantitative estimate of drug-likeness (QED) is 0.233. The fraction of sp³-hybridized carbons (Fsp3) is 0.600. The molecule has 0 aliphatic carbocycles. The Balaban J connectivity index is 3.10. The molecule has 0 spiro atoms. The minimum Gasteiger partial charge on any atom is -0.291 e. The summed E-state index contributed by atoms with van der Waals surface area (Å²) in [5.41, 5.74) is 10.4. The highest BCUT2D eigenvalue weighted by Crippen LogP contribution is 1.89. The normalized spacial score (nSPS) is 8.89. The Bertz CT molecular complexity index is 104. The number of nitrogens with two attached hydrogens (primary N) is 4.